The van der Waals surface area contributed by atoms with Gasteiger partial charge in [0.25, 0.3) is 11.8 Å². The molecule has 1 N–H and O–H groups in total. The van der Waals surface area contributed by atoms with E-state index in [4.69, 9.17) is 0 Å². The Balaban J connectivity index is 2.21. The highest BCUT2D eigenvalue weighted by atomic mass is 16.2. The first kappa shape index (κ1) is 19.6. The molecule has 0 saturated heterocycles. The molecule has 0 fully saturated rings. The van der Waals surface area contributed by atoms with Crippen LogP contribution in [0.4, 0.5) is 5.69 Å². The van der Waals surface area contributed by atoms with Gasteiger partial charge in [-0.05, 0) is 49.9 Å². The van der Waals surface area contributed by atoms with Crippen LogP contribution in [-0.4, -0.2) is 34.8 Å². The number of rotatable bonds is 7. The van der Waals surface area contributed by atoms with E-state index in [-0.39, 0.29) is 11.8 Å². The van der Waals surface area contributed by atoms with Crippen LogP contribution in [0, 0.1) is 13.8 Å². The molecule has 0 aliphatic heterocycles. The Morgan fingerprint density at radius 3 is 2.35 bits per heavy atom. The van der Waals surface area contributed by atoms with Crippen LogP contribution in [0.25, 0.3) is 0 Å². The Hall–Kier alpha value is -2.69. The number of nitrogens with zero attached hydrogens (tertiary/aromatic N) is 2. The monoisotopic (exact) mass is 353 g/mol. The summed E-state index contributed by atoms with van der Waals surface area (Å²) >= 11 is 0. The van der Waals surface area contributed by atoms with Crippen molar-refractivity contribution in [3.63, 3.8) is 0 Å². The van der Waals surface area contributed by atoms with E-state index in [1.54, 1.807) is 6.07 Å². The Bertz CT molecular complexity index is 781. The van der Waals surface area contributed by atoms with Gasteiger partial charge in [-0.2, -0.15) is 0 Å². The number of aromatic nitrogens is 1. The van der Waals surface area contributed by atoms with Crippen molar-refractivity contribution in [1.29, 1.82) is 0 Å². The fraction of sp³-hybridized carbons (Fsp3) is 0.381. The average molecular weight is 353 g/mol. The zero-order chi connectivity index (χ0) is 19.1. The number of hydrogen-bond acceptors (Lipinski definition) is 3. The van der Waals surface area contributed by atoms with Gasteiger partial charge in [0.2, 0.25) is 0 Å². The molecule has 1 aromatic heterocycles. The van der Waals surface area contributed by atoms with Crippen LogP contribution in [0.3, 0.4) is 0 Å². The van der Waals surface area contributed by atoms with Crippen LogP contribution in [-0.2, 0) is 0 Å². The second-order valence-corrected chi connectivity index (χ2v) is 6.46. The summed E-state index contributed by atoms with van der Waals surface area (Å²) in [6, 6.07) is 7.40. The molecule has 26 heavy (non-hydrogen) atoms. The molecule has 0 aliphatic carbocycles. The number of hydrogen-bond donors (Lipinski definition) is 1. The molecule has 0 spiro atoms. The second kappa shape index (κ2) is 9.13. The van der Waals surface area contributed by atoms with Gasteiger partial charge in [0.1, 0.15) is 0 Å². The van der Waals surface area contributed by atoms with Gasteiger partial charge < -0.3 is 10.2 Å². The van der Waals surface area contributed by atoms with Gasteiger partial charge in [-0.15, -0.1) is 0 Å². The summed E-state index contributed by atoms with van der Waals surface area (Å²) in [6.45, 7) is 9.46. The Morgan fingerprint density at radius 1 is 1.04 bits per heavy atom. The largest absolute Gasteiger partial charge is 0.339 e. The third kappa shape index (κ3) is 4.69. The number of benzene rings is 1. The van der Waals surface area contributed by atoms with Crippen LogP contribution < -0.4 is 5.32 Å². The maximum absolute atomic E-state index is 12.7. The van der Waals surface area contributed by atoms with Gasteiger partial charge >= 0.3 is 0 Å². The van der Waals surface area contributed by atoms with Gasteiger partial charge in [-0.3, -0.25) is 14.6 Å². The summed E-state index contributed by atoms with van der Waals surface area (Å²) in [5, 5.41) is 2.91. The highest BCUT2D eigenvalue weighted by Gasteiger charge is 2.17. The minimum absolute atomic E-state index is 0.0809. The predicted molar refractivity (Wildman–Crippen MR) is 105 cm³/mol. The molecular formula is C21H27N3O2. The van der Waals surface area contributed by atoms with E-state index in [1.807, 2.05) is 50.8 Å². The fourth-order valence-corrected chi connectivity index (χ4v) is 2.80. The summed E-state index contributed by atoms with van der Waals surface area (Å²) in [5.74, 6) is -0.346. The normalized spacial score (nSPS) is 10.5. The Kier molecular flexibility index (Phi) is 6.89. The molecule has 2 rings (SSSR count). The van der Waals surface area contributed by atoms with Gasteiger partial charge in [-0.1, -0.05) is 26.0 Å². The third-order valence-electron chi connectivity index (χ3n) is 4.37. The van der Waals surface area contributed by atoms with Crippen molar-refractivity contribution in [1.82, 2.24) is 9.88 Å². The van der Waals surface area contributed by atoms with E-state index in [2.05, 4.69) is 10.3 Å². The van der Waals surface area contributed by atoms with Gasteiger partial charge in [0, 0.05) is 31.2 Å². The molecule has 1 aromatic carbocycles. The van der Waals surface area contributed by atoms with E-state index in [1.165, 1.54) is 12.4 Å². The van der Waals surface area contributed by atoms with E-state index in [0.717, 1.165) is 29.7 Å². The van der Waals surface area contributed by atoms with E-state index >= 15 is 0 Å². The zero-order valence-corrected chi connectivity index (χ0v) is 16.0. The Morgan fingerprint density at radius 2 is 1.69 bits per heavy atom. The Labute approximate surface area is 155 Å². The van der Waals surface area contributed by atoms with E-state index < -0.39 is 0 Å². The average Bonchev–Trinajstić information content (AvgIpc) is 2.65. The fourth-order valence-electron chi connectivity index (χ4n) is 2.80. The zero-order valence-electron chi connectivity index (χ0n) is 16.0. The first-order chi connectivity index (χ1) is 12.5. The smallest absolute Gasteiger partial charge is 0.257 e. The first-order valence-electron chi connectivity index (χ1n) is 9.09. The van der Waals surface area contributed by atoms with Crippen molar-refractivity contribution < 1.29 is 9.59 Å². The van der Waals surface area contributed by atoms with Crippen molar-refractivity contribution in [2.75, 3.05) is 18.4 Å². The molecule has 2 amide bonds. The van der Waals surface area contributed by atoms with E-state index in [9.17, 15) is 9.59 Å². The lowest BCUT2D eigenvalue weighted by Gasteiger charge is -2.21. The molecule has 5 nitrogen and oxygen atoms in total. The lowest BCUT2D eigenvalue weighted by atomic mass is 10.1. The molecule has 1 heterocycles. The number of carbonyl (C=O) groups excluding carboxylic acids is 2. The molecule has 0 radical (unpaired) electrons. The number of aryl methyl sites for hydroxylation is 1. The number of nitrogens with one attached hydrogen (secondary N) is 1. The number of pyridine rings is 1. The highest BCUT2D eigenvalue weighted by Crippen LogP contribution is 2.19. The van der Waals surface area contributed by atoms with Crippen LogP contribution in [0.5, 0.6) is 0 Å². The minimum atomic E-state index is -0.265. The second-order valence-electron chi connectivity index (χ2n) is 6.46. The summed E-state index contributed by atoms with van der Waals surface area (Å²) in [6.07, 6.45) is 4.80. The van der Waals surface area contributed by atoms with Gasteiger partial charge in [0.15, 0.2) is 0 Å². The van der Waals surface area contributed by atoms with Gasteiger partial charge in [0.05, 0.1) is 11.1 Å². The summed E-state index contributed by atoms with van der Waals surface area (Å²) in [4.78, 5) is 31.2. The van der Waals surface area contributed by atoms with Crippen LogP contribution in [0.2, 0.25) is 0 Å². The number of amides is 2. The molecular weight excluding hydrogens is 326 g/mol. The topological polar surface area (TPSA) is 62.3 Å². The maximum atomic E-state index is 12.7. The summed E-state index contributed by atoms with van der Waals surface area (Å²) in [7, 11) is 0. The van der Waals surface area contributed by atoms with Gasteiger partial charge in [-0.25, -0.2) is 0 Å². The number of anilines is 1. The lowest BCUT2D eigenvalue weighted by Crippen LogP contribution is -2.32. The maximum Gasteiger partial charge on any atom is 0.257 e. The van der Waals surface area contributed by atoms with E-state index in [0.29, 0.717) is 24.2 Å². The highest BCUT2D eigenvalue weighted by molar-refractivity contribution is 6.06. The van der Waals surface area contributed by atoms with Crippen molar-refractivity contribution in [2.45, 2.75) is 40.5 Å². The first-order valence-corrected chi connectivity index (χ1v) is 9.09. The molecule has 0 bridgehead atoms. The third-order valence-corrected chi connectivity index (χ3v) is 4.37. The molecule has 0 aliphatic rings. The summed E-state index contributed by atoms with van der Waals surface area (Å²) in [5.41, 5.74) is 3.73. The quantitative estimate of drug-likeness (QED) is 0.811. The molecule has 0 saturated carbocycles. The van der Waals surface area contributed by atoms with Crippen molar-refractivity contribution in [3.8, 4) is 0 Å². The minimum Gasteiger partial charge on any atom is -0.339 e. The van der Waals surface area contributed by atoms with Crippen LogP contribution >= 0.6 is 0 Å². The predicted octanol–water partition coefficient (Wildman–Crippen LogP) is 4.21. The molecule has 2 aromatic rings. The number of carbonyl (C=O) groups is 2. The van der Waals surface area contributed by atoms with Crippen LogP contribution in [0.1, 0.15) is 58.5 Å². The molecule has 5 heteroatoms. The SMILES string of the molecule is CCCN(CCC)C(=O)c1cncc(C(=O)Nc2cccc(C)c2C)c1. The van der Waals surface area contributed by atoms with Crippen molar-refractivity contribution in [3.05, 3.63) is 58.9 Å². The lowest BCUT2D eigenvalue weighted by molar-refractivity contribution is 0.0755. The molecule has 0 unspecified atom stereocenters. The van der Waals surface area contributed by atoms with Crippen molar-refractivity contribution in [2.24, 2.45) is 0 Å². The summed E-state index contributed by atoms with van der Waals surface area (Å²) < 4.78 is 0. The van der Waals surface area contributed by atoms with Crippen molar-refractivity contribution >= 4 is 17.5 Å². The molecule has 138 valence electrons. The standard InChI is InChI=1S/C21H27N3O2/c1-5-10-24(11-6-2)21(26)18-12-17(13-22-14-18)20(25)23-19-9-7-8-15(3)16(19)4/h7-9,12-14H,5-6,10-11H2,1-4H3,(H,23,25). The molecule has 0 atom stereocenters. The van der Waals surface area contributed by atoms with Crippen LogP contribution in [0.15, 0.2) is 36.7 Å².